The molecular formula is C22H32N2OS2. The Bertz CT molecular complexity index is 659. The number of unbranched alkanes of at least 4 members (excludes halogenated alkanes) is 1. The van der Waals surface area contributed by atoms with Crippen molar-refractivity contribution in [2.75, 3.05) is 12.9 Å². The molecule has 1 aromatic heterocycles. The summed E-state index contributed by atoms with van der Waals surface area (Å²) in [6.45, 7) is 3.36. The van der Waals surface area contributed by atoms with E-state index in [2.05, 4.69) is 70.5 Å². The normalized spacial score (nSPS) is 22.7. The van der Waals surface area contributed by atoms with Crippen LogP contribution in [0.3, 0.4) is 0 Å². The Kier molecular flexibility index (Phi) is 8.01. The standard InChI is InChI=1S/C22H32N2OS2/c1-3-4-6-21-11-16-26-22(27-21,12-5-14-24-15-13-23-18-24)17-19-7-9-20(25-2)10-8-19/h7-10,13,15,18,21H,3-6,11-12,14,16-17H2,1-2H3. The molecule has 2 unspecified atom stereocenters. The average Bonchev–Trinajstić information content (AvgIpc) is 3.21. The molecule has 3 rings (SSSR count). The van der Waals surface area contributed by atoms with E-state index in [9.17, 15) is 0 Å². The van der Waals surface area contributed by atoms with Gasteiger partial charge < -0.3 is 9.30 Å². The lowest BCUT2D eigenvalue weighted by Gasteiger charge is -2.40. The van der Waals surface area contributed by atoms with E-state index in [4.69, 9.17) is 4.74 Å². The highest BCUT2D eigenvalue weighted by molar-refractivity contribution is 8.19. The highest BCUT2D eigenvalue weighted by Crippen LogP contribution is 2.51. The predicted octanol–water partition coefficient (Wildman–Crippen LogP) is 6.04. The number of aryl methyl sites for hydroxylation is 1. The molecule has 1 aliphatic heterocycles. The number of benzene rings is 1. The monoisotopic (exact) mass is 404 g/mol. The Morgan fingerprint density at radius 1 is 1.26 bits per heavy atom. The third-order valence-electron chi connectivity index (χ3n) is 5.23. The molecule has 2 atom stereocenters. The molecule has 0 bridgehead atoms. The number of rotatable bonds is 10. The van der Waals surface area contributed by atoms with E-state index in [1.54, 1.807) is 7.11 Å². The summed E-state index contributed by atoms with van der Waals surface area (Å²) in [6.07, 6.45) is 14.9. The summed E-state index contributed by atoms with van der Waals surface area (Å²) in [5.41, 5.74) is 1.43. The van der Waals surface area contributed by atoms with Crippen LogP contribution in [0.15, 0.2) is 43.0 Å². The SMILES string of the molecule is CCCCC1CCSC(CCCn2ccnc2)(Cc2ccc(OC)cc2)S1. The Morgan fingerprint density at radius 2 is 2.11 bits per heavy atom. The fourth-order valence-corrected chi connectivity index (χ4v) is 7.78. The van der Waals surface area contributed by atoms with Gasteiger partial charge in [-0.3, -0.25) is 0 Å². The van der Waals surface area contributed by atoms with Gasteiger partial charge in [0.2, 0.25) is 0 Å². The van der Waals surface area contributed by atoms with Crippen LogP contribution < -0.4 is 4.74 Å². The smallest absolute Gasteiger partial charge is 0.118 e. The molecule has 2 aromatic rings. The maximum atomic E-state index is 5.33. The van der Waals surface area contributed by atoms with Crippen molar-refractivity contribution in [2.45, 2.75) is 67.7 Å². The number of hydrogen-bond donors (Lipinski definition) is 0. The number of ether oxygens (including phenoxy) is 1. The zero-order chi connectivity index (χ0) is 19.0. The molecule has 0 amide bonds. The Labute approximate surface area is 172 Å². The van der Waals surface area contributed by atoms with Gasteiger partial charge in [0.15, 0.2) is 0 Å². The summed E-state index contributed by atoms with van der Waals surface area (Å²) in [4.78, 5) is 4.18. The van der Waals surface area contributed by atoms with Crippen LogP contribution in [-0.4, -0.2) is 31.7 Å². The van der Waals surface area contributed by atoms with Crippen LogP contribution in [0.2, 0.25) is 0 Å². The van der Waals surface area contributed by atoms with Crippen LogP contribution in [0, 0.1) is 0 Å². The molecule has 148 valence electrons. The molecule has 3 nitrogen and oxygen atoms in total. The molecule has 0 aliphatic carbocycles. The van der Waals surface area contributed by atoms with Crippen molar-refractivity contribution >= 4 is 23.5 Å². The predicted molar refractivity (Wildman–Crippen MR) is 119 cm³/mol. The molecule has 0 spiro atoms. The second-order valence-corrected chi connectivity index (χ2v) is 10.8. The quantitative estimate of drug-likeness (QED) is 0.482. The van der Waals surface area contributed by atoms with Gasteiger partial charge in [-0.1, -0.05) is 31.9 Å². The number of aromatic nitrogens is 2. The van der Waals surface area contributed by atoms with E-state index >= 15 is 0 Å². The lowest BCUT2D eigenvalue weighted by Crippen LogP contribution is -2.32. The highest BCUT2D eigenvalue weighted by atomic mass is 32.2. The van der Waals surface area contributed by atoms with Gasteiger partial charge in [0, 0.05) is 24.2 Å². The molecule has 1 aliphatic rings. The molecule has 2 heterocycles. The van der Waals surface area contributed by atoms with Crippen LogP contribution in [0.5, 0.6) is 5.75 Å². The van der Waals surface area contributed by atoms with Crippen molar-refractivity contribution in [3.63, 3.8) is 0 Å². The summed E-state index contributed by atoms with van der Waals surface area (Å²) in [5, 5.41) is 0.817. The van der Waals surface area contributed by atoms with Crippen molar-refractivity contribution in [1.29, 1.82) is 0 Å². The topological polar surface area (TPSA) is 27.1 Å². The first-order chi connectivity index (χ1) is 13.2. The summed E-state index contributed by atoms with van der Waals surface area (Å²) in [7, 11) is 1.73. The van der Waals surface area contributed by atoms with Crippen LogP contribution in [0.25, 0.3) is 0 Å². The van der Waals surface area contributed by atoms with Crippen LogP contribution >= 0.6 is 23.5 Å². The Hall–Kier alpha value is -1.07. The van der Waals surface area contributed by atoms with Crippen LogP contribution in [-0.2, 0) is 13.0 Å². The first-order valence-corrected chi connectivity index (χ1v) is 12.0. The van der Waals surface area contributed by atoms with Crippen molar-refractivity contribution in [1.82, 2.24) is 9.55 Å². The molecule has 0 radical (unpaired) electrons. The van der Waals surface area contributed by atoms with Crippen molar-refractivity contribution in [2.24, 2.45) is 0 Å². The van der Waals surface area contributed by atoms with E-state index < -0.39 is 0 Å². The zero-order valence-electron chi connectivity index (χ0n) is 16.6. The number of thioether (sulfide) groups is 2. The minimum atomic E-state index is 0.297. The summed E-state index contributed by atoms with van der Waals surface area (Å²) in [5.74, 6) is 2.24. The summed E-state index contributed by atoms with van der Waals surface area (Å²) >= 11 is 4.46. The number of methoxy groups -OCH3 is 1. The highest BCUT2D eigenvalue weighted by Gasteiger charge is 2.37. The maximum Gasteiger partial charge on any atom is 0.118 e. The third-order valence-corrected chi connectivity index (χ3v) is 8.77. The first kappa shape index (κ1) is 20.7. The lowest BCUT2D eigenvalue weighted by atomic mass is 10.1. The number of imidazole rings is 1. The Morgan fingerprint density at radius 3 is 2.81 bits per heavy atom. The van der Waals surface area contributed by atoms with Crippen LogP contribution in [0.4, 0.5) is 0 Å². The Balaban J connectivity index is 1.68. The molecule has 0 saturated carbocycles. The van der Waals surface area contributed by atoms with E-state index in [0.29, 0.717) is 4.08 Å². The minimum absolute atomic E-state index is 0.297. The van der Waals surface area contributed by atoms with E-state index in [1.165, 1.54) is 49.8 Å². The van der Waals surface area contributed by atoms with Gasteiger partial charge in [0.1, 0.15) is 5.75 Å². The van der Waals surface area contributed by atoms with Gasteiger partial charge in [-0.05, 0) is 55.6 Å². The zero-order valence-corrected chi connectivity index (χ0v) is 18.2. The van der Waals surface area contributed by atoms with Gasteiger partial charge in [0.05, 0.1) is 17.5 Å². The van der Waals surface area contributed by atoms with Crippen molar-refractivity contribution in [3.8, 4) is 5.75 Å². The van der Waals surface area contributed by atoms with E-state index in [1.807, 2.05) is 12.5 Å². The third kappa shape index (κ3) is 6.21. The van der Waals surface area contributed by atoms with Crippen molar-refractivity contribution in [3.05, 3.63) is 48.5 Å². The van der Waals surface area contributed by atoms with Gasteiger partial charge in [-0.25, -0.2) is 4.98 Å². The molecule has 1 fully saturated rings. The second kappa shape index (κ2) is 10.5. The fourth-order valence-electron chi connectivity index (χ4n) is 3.72. The van der Waals surface area contributed by atoms with E-state index in [0.717, 1.165) is 24.0 Å². The largest absolute Gasteiger partial charge is 0.497 e. The average molecular weight is 405 g/mol. The molecule has 5 heteroatoms. The van der Waals surface area contributed by atoms with Gasteiger partial charge in [0.25, 0.3) is 0 Å². The minimum Gasteiger partial charge on any atom is -0.497 e. The summed E-state index contributed by atoms with van der Waals surface area (Å²) < 4.78 is 7.83. The van der Waals surface area contributed by atoms with Crippen LogP contribution in [0.1, 0.15) is 51.0 Å². The van der Waals surface area contributed by atoms with Crippen molar-refractivity contribution < 1.29 is 4.74 Å². The molecular weight excluding hydrogens is 372 g/mol. The lowest BCUT2D eigenvalue weighted by molar-refractivity contribution is 0.414. The number of nitrogens with zero attached hydrogens (tertiary/aromatic N) is 2. The van der Waals surface area contributed by atoms with E-state index in [-0.39, 0.29) is 0 Å². The van der Waals surface area contributed by atoms with Gasteiger partial charge in [-0.15, -0.1) is 23.5 Å². The summed E-state index contributed by atoms with van der Waals surface area (Å²) in [6, 6.07) is 8.68. The first-order valence-electron chi connectivity index (χ1n) is 10.1. The van der Waals surface area contributed by atoms with Gasteiger partial charge in [-0.2, -0.15) is 0 Å². The maximum absolute atomic E-state index is 5.33. The molecule has 27 heavy (non-hydrogen) atoms. The molecule has 1 aromatic carbocycles. The molecule has 0 N–H and O–H groups in total. The second-order valence-electron chi connectivity index (χ2n) is 7.36. The fraction of sp³-hybridized carbons (Fsp3) is 0.591. The molecule has 1 saturated heterocycles. The van der Waals surface area contributed by atoms with Gasteiger partial charge >= 0.3 is 0 Å². The number of hydrogen-bond acceptors (Lipinski definition) is 4.